The molecule has 146 valence electrons. The number of ether oxygens (including phenoxy) is 2. The van der Waals surface area contributed by atoms with Crippen LogP contribution in [0.5, 0.6) is 5.75 Å². The Morgan fingerprint density at radius 3 is 2.50 bits per heavy atom. The highest BCUT2D eigenvalue weighted by atomic mass is 79.9. The highest BCUT2D eigenvalue weighted by molar-refractivity contribution is 9.10. The highest BCUT2D eigenvalue weighted by Crippen LogP contribution is 2.31. The number of rotatable bonds is 5. The number of hydrogen-bond acceptors (Lipinski definition) is 4. The molecule has 1 amide bonds. The summed E-state index contributed by atoms with van der Waals surface area (Å²) in [6.45, 7) is 6.66. The van der Waals surface area contributed by atoms with E-state index in [9.17, 15) is 4.79 Å². The lowest BCUT2D eigenvalue weighted by molar-refractivity contribution is 0.0488. The summed E-state index contributed by atoms with van der Waals surface area (Å²) in [6, 6.07) is 6.40. The second-order valence-corrected chi connectivity index (χ2v) is 8.92. The van der Waals surface area contributed by atoms with E-state index < -0.39 is 5.60 Å². The van der Waals surface area contributed by atoms with E-state index in [4.69, 9.17) is 9.47 Å². The van der Waals surface area contributed by atoms with E-state index >= 15 is 0 Å². The second-order valence-electron chi connectivity index (χ2n) is 8.06. The van der Waals surface area contributed by atoms with E-state index in [0.29, 0.717) is 5.92 Å². The maximum atomic E-state index is 11.9. The number of halogens is 1. The number of nitrogens with one attached hydrogen (secondary N) is 1. The molecule has 6 heteroatoms. The molecule has 1 aliphatic carbocycles. The van der Waals surface area contributed by atoms with E-state index in [1.165, 1.54) is 0 Å². The summed E-state index contributed by atoms with van der Waals surface area (Å²) in [4.78, 5) is 14.2. The normalized spacial score (nSPS) is 20.4. The predicted octanol–water partition coefficient (Wildman–Crippen LogP) is 4.98. The molecule has 1 aromatic carbocycles. The third kappa shape index (κ3) is 6.38. The standard InChI is InChI=1S/C20H31BrN2O3/c1-20(2,3)26-19(24)22-15-8-6-14(7-9-15)13-23(4)16-10-11-17(21)18(12-16)25-5/h10-12,14-15H,6-9,13H2,1-5H3,(H,22,24)/t14-,15-. The third-order valence-corrected chi connectivity index (χ3v) is 5.33. The van der Waals surface area contributed by atoms with Gasteiger partial charge < -0.3 is 19.7 Å². The number of hydrogen-bond donors (Lipinski definition) is 1. The molecule has 0 bridgehead atoms. The van der Waals surface area contributed by atoms with E-state index in [1.807, 2.05) is 26.8 Å². The summed E-state index contributed by atoms with van der Waals surface area (Å²) in [5.74, 6) is 1.48. The maximum Gasteiger partial charge on any atom is 0.407 e. The van der Waals surface area contributed by atoms with Gasteiger partial charge in [0.05, 0.1) is 11.6 Å². The quantitative estimate of drug-likeness (QED) is 0.721. The van der Waals surface area contributed by atoms with Gasteiger partial charge in [-0.05, 0) is 80.4 Å². The van der Waals surface area contributed by atoms with Crippen molar-refractivity contribution in [1.29, 1.82) is 0 Å². The van der Waals surface area contributed by atoms with Crippen LogP contribution in [-0.4, -0.2) is 38.4 Å². The lowest BCUT2D eigenvalue weighted by Gasteiger charge is -2.33. The third-order valence-electron chi connectivity index (χ3n) is 4.68. The molecule has 0 radical (unpaired) electrons. The summed E-state index contributed by atoms with van der Waals surface area (Å²) >= 11 is 3.49. The number of alkyl carbamates (subject to hydrolysis) is 1. The Kier molecular flexibility index (Phi) is 7.21. The van der Waals surface area contributed by atoms with Crippen LogP contribution in [0.25, 0.3) is 0 Å². The second kappa shape index (κ2) is 8.98. The van der Waals surface area contributed by atoms with Gasteiger partial charge in [-0.1, -0.05) is 0 Å². The van der Waals surface area contributed by atoms with Gasteiger partial charge in [0.1, 0.15) is 11.4 Å². The van der Waals surface area contributed by atoms with Crippen molar-refractivity contribution in [3.8, 4) is 5.75 Å². The Hall–Kier alpha value is -1.43. The topological polar surface area (TPSA) is 50.8 Å². The molecular weight excluding hydrogens is 396 g/mol. The molecule has 0 atom stereocenters. The molecule has 1 aromatic rings. The van der Waals surface area contributed by atoms with Crippen molar-refractivity contribution in [2.75, 3.05) is 25.6 Å². The van der Waals surface area contributed by atoms with Gasteiger partial charge in [0.15, 0.2) is 0 Å². The summed E-state index contributed by atoms with van der Waals surface area (Å²) in [5, 5.41) is 3.01. The van der Waals surface area contributed by atoms with Gasteiger partial charge in [-0.25, -0.2) is 4.79 Å². The van der Waals surface area contributed by atoms with Crippen molar-refractivity contribution >= 4 is 27.7 Å². The Bertz CT molecular complexity index is 608. The molecule has 0 aliphatic heterocycles. The van der Waals surface area contributed by atoms with Crippen molar-refractivity contribution in [2.24, 2.45) is 5.92 Å². The number of carbonyl (C=O) groups is 1. The molecule has 1 aliphatic rings. The van der Waals surface area contributed by atoms with Gasteiger partial charge in [-0.15, -0.1) is 0 Å². The minimum atomic E-state index is -0.449. The zero-order chi connectivity index (χ0) is 19.3. The van der Waals surface area contributed by atoms with Gasteiger partial charge >= 0.3 is 6.09 Å². The summed E-state index contributed by atoms with van der Waals surface area (Å²) < 4.78 is 11.7. The molecule has 1 N–H and O–H groups in total. The maximum absolute atomic E-state index is 11.9. The van der Waals surface area contributed by atoms with Crippen LogP contribution in [-0.2, 0) is 4.74 Å². The number of methoxy groups -OCH3 is 1. The Morgan fingerprint density at radius 1 is 1.27 bits per heavy atom. The average Bonchev–Trinajstić information content (AvgIpc) is 2.55. The first kappa shape index (κ1) is 20.9. The number of nitrogens with zero attached hydrogens (tertiary/aromatic N) is 1. The van der Waals surface area contributed by atoms with E-state index in [1.54, 1.807) is 7.11 Å². The lowest BCUT2D eigenvalue weighted by Crippen LogP contribution is -2.41. The van der Waals surface area contributed by atoms with Crippen LogP contribution in [0.15, 0.2) is 22.7 Å². The molecule has 0 aromatic heterocycles. The van der Waals surface area contributed by atoms with Crippen LogP contribution in [0.3, 0.4) is 0 Å². The van der Waals surface area contributed by atoms with Crippen molar-refractivity contribution in [1.82, 2.24) is 5.32 Å². The minimum absolute atomic E-state index is 0.221. The number of amides is 1. The van der Waals surface area contributed by atoms with Crippen LogP contribution < -0.4 is 15.0 Å². The van der Waals surface area contributed by atoms with E-state index in [2.05, 4.69) is 45.3 Å². The summed E-state index contributed by atoms with van der Waals surface area (Å²) in [6.07, 6.45) is 3.92. The van der Waals surface area contributed by atoms with Crippen molar-refractivity contribution in [2.45, 2.75) is 58.1 Å². The van der Waals surface area contributed by atoms with Crippen LogP contribution >= 0.6 is 15.9 Å². The Morgan fingerprint density at radius 2 is 1.92 bits per heavy atom. The molecule has 26 heavy (non-hydrogen) atoms. The first-order chi connectivity index (χ1) is 12.2. The fourth-order valence-corrected chi connectivity index (χ4v) is 3.75. The van der Waals surface area contributed by atoms with Gasteiger partial charge in [0.2, 0.25) is 0 Å². The molecule has 0 spiro atoms. The van der Waals surface area contributed by atoms with Crippen LogP contribution in [0, 0.1) is 5.92 Å². The fourth-order valence-electron chi connectivity index (χ4n) is 3.34. The number of anilines is 1. The molecule has 5 nitrogen and oxygen atoms in total. The predicted molar refractivity (Wildman–Crippen MR) is 109 cm³/mol. The molecule has 1 saturated carbocycles. The average molecular weight is 427 g/mol. The summed E-state index contributed by atoms with van der Waals surface area (Å²) in [7, 11) is 3.80. The molecule has 1 fully saturated rings. The van der Waals surface area contributed by atoms with Gasteiger partial charge in [0.25, 0.3) is 0 Å². The van der Waals surface area contributed by atoms with Crippen molar-refractivity contribution < 1.29 is 14.3 Å². The Balaban J connectivity index is 1.80. The Labute approximate surface area is 165 Å². The molecule has 2 rings (SSSR count). The van der Waals surface area contributed by atoms with E-state index in [-0.39, 0.29) is 12.1 Å². The first-order valence-electron chi connectivity index (χ1n) is 9.22. The lowest BCUT2D eigenvalue weighted by atomic mass is 9.85. The van der Waals surface area contributed by atoms with Gasteiger partial charge in [-0.2, -0.15) is 0 Å². The van der Waals surface area contributed by atoms with Crippen LogP contribution in [0.1, 0.15) is 46.5 Å². The highest BCUT2D eigenvalue weighted by Gasteiger charge is 2.25. The molecular formula is C20H31BrN2O3. The molecule has 0 heterocycles. The largest absolute Gasteiger partial charge is 0.495 e. The smallest absolute Gasteiger partial charge is 0.407 e. The summed E-state index contributed by atoms with van der Waals surface area (Å²) in [5.41, 5.74) is 0.703. The molecule has 0 unspecified atom stereocenters. The number of carbonyl (C=O) groups excluding carboxylic acids is 1. The van der Waals surface area contributed by atoms with Crippen molar-refractivity contribution in [3.05, 3.63) is 22.7 Å². The van der Waals surface area contributed by atoms with Crippen LogP contribution in [0.4, 0.5) is 10.5 Å². The first-order valence-corrected chi connectivity index (χ1v) is 10.0. The van der Waals surface area contributed by atoms with Gasteiger partial charge in [0, 0.05) is 31.4 Å². The van der Waals surface area contributed by atoms with Crippen molar-refractivity contribution in [3.63, 3.8) is 0 Å². The van der Waals surface area contributed by atoms with E-state index in [0.717, 1.165) is 48.1 Å². The van der Waals surface area contributed by atoms with Crippen LogP contribution in [0.2, 0.25) is 0 Å². The fraction of sp³-hybridized carbons (Fsp3) is 0.650. The monoisotopic (exact) mass is 426 g/mol. The zero-order valence-electron chi connectivity index (χ0n) is 16.5. The van der Waals surface area contributed by atoms with Gasteiger partial charge in [-0.3, -0.25) is 0 Å². The SMILES string of the molecule is COc1cc(N(C)C[C@H]2CC[C@H](NC(=O)OC(C)(C)C)CC2)ccc1Br. The molecule has 0 saturated heterocycles. The number of benzene rings is 1. The minimum Gasteiger partial charge on any atom is -0.495 e. The zero-order valence-corrected chi connectivity index (χ0v) is 18.1.